The van der Waals surface area contributed by atoms with E-state index in [2.05, 4.69) is 32.3 Å². The molecule has 94 valence electrons. The second kappa shape index (κ2) is 6.14. The zero-order valence-corrected chi connectivity index (χ0v) is 11.6. The molecule has 0 bridgehead atoms. The molecule has 4 saturated carbocycles. The second-order valence-electron chi connectivity index (χ2n) is 5.40. The van der Waals surface area contributed by atoms with E-state index in [9.17, 15) is 0 Å². The van der Waals surface area contributed by atoms with E-state index >= 15 is 0 Å². The molecule has 0 heterocycles. The predicted molar refractivity (Wildman–Crippen MR) is 70.9 cm³/mol. The van der Waals surface area contributed by atoms with Crippen molar-refractivity contribution >= 4 is 0 Å². The fourth-order valence-electron chi connectivity index (χ4n) is 3.10. The maximum absolute atomic E-state index is 4.01. The van der Waals surface area contributed by atoms with Crippen molar-refractivity contribution in [2.45, 2.75) is 19.3 Å². The van der Waals surface area contributed by atoms with E-state index in [4.69, 9.17) is 0 Å². The summed E-state index contributed by atoms with van der Waals surface area (Å²) >= 11 is 0. The summed E-state index contributed by atoms with van der Waals surface area (Å²) in [5, 5.41) is 0. The van der Waals surface area contributed by atoms with Gasteiger partial charge in [0.25, 0.3) is 0 Å². The van der Waals surface area contributed by atoms with Crippen molar-refractivity contribution in [2.75, 3.05) is 0 Å². The van der Waals surface area contributed by atoms with Crippen LogP contribution in [-0.2, 0) is 17.1 Å². The third-order valence-corrected chi connectivity index (χ3v) is 4.04. The van der Waals surface area contributed by atoms with Gasteiger partial charge in [0.05, 0.1) is 0 Å². The Morgan fingerprint density at radius 1 is 0.889 bits per heavy atom. The van der Waals surface area contributed by atoms with Gasteiger partial charge in [-0.05, 0) is 94.3 Å². The summed E-state index contributed by atoms with van der Waals surface area (Å²) in [4.78, 5) is 0. The van der Waals surface area contributed by atoms with Crippen molar-refractivity contribution in [1.82, 2.24) is 0 Å². The summed E-state index contributed by atoms with van der Waals surface area (Å²) in [7, 11) is 0. The quantitative estimate of drug-likeness (QED) is 0.506. The standard InChI is InChI=1S/C12H13.C5H5.Fe/c1-9-6-12(7-9)8-11(12)10-4-2-3-5-10;1-2-4-5-3-1;/h2-5,11H,1,6-8H2;1-5H;. The van der Waals surface area contributed by atoms with Crippen LogP contribution < -0.4 is 0 Å². The van der Waals surface area contributed by atoms with E-state index in [1.165, 1.54) is 24.8 Å². The van der Waals surface area contributed by atoms with Gasteiger partial charge in [0.2, 0.25) is 0 Å². The SMILES string of the molecule is C=C1CC2(C1)CC2[C]1[CH][CH][CH][CH]1.[CH]1[CH][CH][CH][CH]1.[Fe]. The molecule has 4 fully saturated rings. The second-order valence-corrected chi connectivity index (χ2v) is 5.40. The van der Waals surface area contributed by atoms with Gasteiger partial charge in [-0.15, -0.1) is 0 Å². The third kappa shape index (κ3) is 3.05. The molecule has 1 heteroatoms. The molecule has 10 radical (unpaired) electrons. The smallest absolute Gasteiger partial charge is 0 e. The van der Waals surface area contributed by atoms with Crippen LogP contribution in [0.15, 0.2) is 12.2 Å². The van der Waals surface area contributed by atoms with Crippen molar-refractivity contribution in [3.8, 4) is 0 Å². The van der Waals surface area contributed by atoms with E-state index < -0.39 is 0 Å². The van der Waals surface area contributed by atoms with E-state index in [0.29, 0.717) is 5.41 Å². The summed E-state index contributed by atoms with van der Waals surface area (Å²) in [6.07, 6.45) is 22.8. The number of hydrogen-bond acceptors (Lipinski definition) is 0. The van der Waals surface area contributed by atoms with Crippen LogP contribution >= 0.6 is 0 Å². The molecule has 0 saturated heterocycles. The van der Waals surface area contributed by atoms with E-state index in [1.54, 1.807) is 5.92 Å². The van der Waals surface area contributed by atoms with Gasteiger partial charge in [-0.2, -0.15) is 0 Å². The number of allylic oxidation sites excluding steroid dienone is 1. The Balaban J connectivity index is 0.000000172. The molecular formula is C17H18Fe. The molecule has 0 aliphatic heterocycles. The average molecular weight is 278 g/mol. The molecule has 1 atom stereocenters. The molecule has 1 spiro atoms. The van der Waals surface area contributed by atoms with Gasteiger partial charge in [-0.3, -0.25) is 0 Å². The molecular weight excluding hydrogens is 260 g/mol. The largest absolute Gasteiger partial charge is 0.0998 e. The van der Waals surface area contributed by atoms with E-state index in [-0.39, 0.29) is 17.1 Å². The van der Waals surface area contributed by atoms with Gasteiger partial charge in [0.1, 0.15) is 0 Å². The first-order valence-corrected chi connectivity index (χ1v) is 6.35. The molecule has 0 aromatic heterocycles. The molecule has 18 heavy (non-hydrogen) atoms. The van der Waals surface area contributed by atoms with E-state index in [0.717, 1.165) is 5.92 Å². The van der Waals surface area contributed by atoms with Crippen LogP contribution in [0.5, 0.6) is 0 Å². The average Bonchev–Trinajstić information content (AvgIpc) is 2.85. The predicted octanol–water partition coefficient (Wildman–Crippen LogP) is 3.77. The molecule has 4 aliphatic rings. The van der Waals surface area contributed by atoms with Crippen LogP contribution in [0, 0.1) is 75.0 Å². The molecule has 0 N–H and O–H groups in total. The minimum atomic E-state index is 0. The fraction of sp³-hybridized carbons (Fsp3) is 0.294. The molecule has 0 aromatic carbocycles. The number of rotatable bonds is 1. The van der Waals surface area contributed by atoms with Crippen molar-refractivity contribution in [2.24, 2.45) is 11.3 Å². The van der Waals surface area contributed by atoms with Gasteiger partial charge < -0.3 is 0 Å². The summed E-state index contributed by atoms with van der Waals surface area (Å²) in [5.74, 6) is 2.43. The van der Waals surface area contributed by atoms with Gasteiger partial charge >= 0.3 is 0 Å². The normalized spacial score (nSPS) is 32.4. The van der Waals surface area contributed by atoms with Gasteiger partial charge in [-0.25, -0.2) is 0 Å². The minimum absolute atomic E-state index is 0. The first-order chi connectivity index (χ1) is 8.30. The zero-order valence-electron chi connectivity index (χ0n) is 10.5. The maximum Gasteiger partial charge on any atom is 0 e. The van der Waals surface area contributed by atoms with Crippen molar-refractivity contribution in [3.63, 3.8) is 0 Å². The Labute approximate surface area is 123 Å². The van der Waals surface area contributed by atoms with Gasteiger partial charge in [-0.1, -0.05) is 12.2 Å². The fourth-order valence-corrected chi connectivity index (χ4v) is 3.10. The Hall–Kier alpha value is 0.259. The van der Waals surface area contributed by atoms with Crippen molar-refractivity contribution in [3.05, 3.63) is 75.9 Å². The van der Waals surface area contributed by atoms with Crippen LogP contribution in [-0.4, -0.2) is 0 Å². The summed E-state index contributed by atoms with van der Waals surface area (Å²) in [6.45, 7) is 4.01. The zero-order chi connectivity index (χ0) is 11.7. The van der Waals surface area contributed by atoms with Gasteiger partial charge in [0.15, 0.2) is 0 Å². The van der Waals surface area contributed by atoms with Gasteiger partial charge in [0, 0.05) is 17.1 Å². The van der Waals surface area contributed by atoms with Crippen LogP contribution in [0.2, 0.25) is 0 Å². The van der Waals surface area contributed by atoms with Crippen molar-refractivity contribution < 1.29 is 17.1 Å². The first kappa shape index (κ1) is 14.7. The van der Waals surface area contributed by atoms with Crippen molar-refractivity contribution in [1.29, 1.82) is 0 Å². The third-order valence-electron chi connectivity index (χ3n) is 4.04. The molecule has 4 aliphatic carbocycles. The first-order valence-electron chi connectivity index (χ1n) is 6.35. The summed E-state index contributed by atoms with van der Waals surface area (Å²) in [6, 6.07) is 0. The molecule has 0 amide bonds. The molecule has 4 rings (SSSR count). The monoisotopic (exact) mass is 278 g/mol. The summed E-state index contributed by atoms with van der Waals surface area (Å²) in [5.41, 5.74) is 2.15. The summed E-state index contributed by atoms with van der Waals surface area (Å²) < 4.78 is 0. The minimum Gasteiger partial charge on any atom is -0.0998 e. The topological polar surface area (TPSA) is 0 Å². The van der Waals surface area contributed by atoms with Crippen LogP contribution in [0.3, 0.4) is 0 Å². The number of hydrogen-bond donors (Lipinski definition) is 0. The van der Waals surface area contributed by atoms with Crippen LogP contribution in [0.25, 0.3) is 0 Å². The Morgan fingerprint density at radius 3 is 1.83 bits per heavy atom. The van der Waals surface area contributed by atoms with Crippen LogP contribution in [0.4, 0.5) is 0 Å². The maximum atomic E-state index is 4.01. The van der Waals surface area contributed by atoms with E-state index in [1.807, 2.05) is 32.1 Å². The Bertz CT molecular complexity index is 268. The Kier molecular flexibility index (Phi) is 5.00. The van der Waals surface area contributed by atoms with Crippen LogP contribution in [0.1, 0.15) is 19.3 Å². The molecule has 0 nitrogen and oxygen atoms in total. The molecule has 1 unspecified atom stereocenters. The Morgan fingerprint density at radius 2 is 1.39 bits per heavy atom. The molecule has 0 aromatic rings.